The minimum atomic E-state index is 0.00185. The number of nitrogens with zero attached hydrogens (tertiary/aromatic N) is 3. The summed E-state index contributed by atoms with van der Waals surface area (Å²) in [6, 6.07) is 6.05. The maximum absolute atomic E-state index is 13.0. The fraction of sp³-hybridized carbons (Fsp3) is 0.652. The van der Waals surface area contributed by atoms with E-state index in [1.54, 1.807) is 0 Å². The number of hydrogen-bond donors (Lipinski definition) is 2. The molecule has 3 saturated carbocycles. The van der Waals surface area contributed by atoms with Gasteiger partial charge in [0.1, 0.15) is 11.3 Å². The molecule has 4 atom stereocenters. The molecule has 2 aromatic heterocycles. The molecule has 6 rings (SSSR count). The Bertz CT molecular complexity index is 917. The number of hydrogen-bond acceptors (Lipinski definition) is 4. The third-order valence-electron chi connectivity index (χ3n) is 8.00. The summed E-state index contributed by atoms with van der Waals surface area (Å²) < 4.78 is 1.94. The van der Waals surface area contributed by atoms with E-state index in [0.29, 0.717) is 17.0 Å². The number of amides is 1. The highest BCUT2D eigenvalue weighted by molar-refractivity contribution is 5.93. The van der Waals surface area contributed by atoms with Gasteiger partial charge in [-0.05, 0) is 61.0 Å². The second-order valence-electron chi connectivity index (χ2n) is 10.1. The minimum absolute atomic E-state index is 0.00185. The van der Waals surface area contributed by atoms with Crippen LogP contribution in [-0.4, -0.2) is 45.9 Å². The third kappa shape index (κ3) is 3.36. The first kappa shape index (κ1) is 19.1. The molecular formula is C23H33N5O. The molecule has 4 fully saturated rings. The number of likely N-dealkylation sites (tertiary alicyclic amines) is 1. The summed E-state index contributed by atoms with van der Waals surface area (Å²) in [5.74, 6) is 2.25. The standard InChI is InChI=1S/C23H33N5O/c1-23(2)16-7-6-15(19(23)10-16)11-25-22(29)20-4-3-5-21-26-18(14-28(20)21)13-27-9-8-17(24)12-27/h3-5,14-17,19H,6-13,24H2,1-2H3,(H,25,29)/t15-,16?,17+,19?/m0/s1. The number of nitrogens with two attached hydrogens (primary N) is 1. The van der Waals surface area contributed by atoms with E-state index in [4.69, 9.17) is 10.7 Å². The van der Waals surface area contributed by atoms with Crippen molar-refractivity contribution in [3.05, 3.63) is 35.8 Å². The van der Waals surface area contributed by atoms with Gasteiger partial charge in [-0.2, -0.15) is 0 Å². The van der Waals surface area contributed by atoms with Gasteiger partial charge in [0, 0.05) is 38.4 Å². The van der Waals surface area contributed by atoms with Crippen LogP contribution >= 0.6 is 0 Å². The highest BCUT2D eigenvalue weighted by atomic mass is 16.1. The number of pyridine rings is 1. The Morgan fingerprint density at radius 3 is 2.90 bits per heavy atom. The van der Waals surface area contributed by atoms with Gasteiger partial charge in [0.15, 0.2) is 0 Å². The summed E-state index contributed by atoms with van der Waals surface area (Å²) in [5.41, 5.74) is 8.96. The molecule has 1 amide bonds. The van der Waals surface area contributed by atoms with E-state index in [1.165, 1.54) is 19.3 Å². The fourth-order valence-electron chi connectivity index (χ4n) is 6.08. The van der Waals surface area contributed by atoms with E-state index >= 15 is 0 Å². The molecule has 6 heteroatoms. The number of nitrogens with one attached hydrogen (secondary N) is 1. The summed E-state index contributed by atoms with van der Waals surface area (Å²) >= 11 is 0. The maximum Gasteiger partial charge on any atom is 0.268 e. The van der Waals surface area contributed by atoms with Crippen molar-refractivity contribution in [1.82, 2.24) is 19.6 Å². The number of imidazole rings is 1. The quantitative estimate of drug-likeness (QED) is 0.816. The molecule has 3 heterocycles. The van der Waals surface area contributed by atoms with Gasteiger partial charge in [-0.15, -0.1) is 0 Å². The molecule has 0 radical (unpaired) electrons. The lowest BCUT2D eigenvalue weighted by Gasteiger charge is -2.60. The van der Waals surface area contributed by atoms with Gasteiger partial charge in [-0.3, -0.25) is 14.1 Å². The van der Waals surface area contributed by atoms with Crippen LogP contribution in [-0.2, 0) is 6.54 Å². The Morgan fingerprint density at radius 1 is 1.31 bits per heavy atom. The van der Waals surface area contributed by atoms with E-state index in [2.05, 4.69) is 24.1 Å². The minimum Gasteiger partial charge on any atom is -0.350 e. The predicted octanol–water partition coefficient (Wildman–Crippen LogP) is 2.67. The Labute approximate surface area is 172 Å². The van der Waals surface area contributed by atoms with Crippen LogP contribution in [0.1, 0.15) is 55.7 Å². The molecule has 0 aromatic carbocycles. The first-order chi connectivity index (χ1) is 13.9. The molecule has 6 nitrogen and oxygen atoms in total. The van der Waals surface area contributed by atoms with Gasteiger partial charge in [-0.25, -0.2) is 4.98 Å². The molecule has 3 N–H and O–H groups in total. The highest BCUT2D eigenvalue weighted by Gasteiger charge is 2.53. The number of rotatable bonds is 5. The molecular weight excluding hydrogens is 362 g/mol. The summed E-state index contributed by atoms with van der Waals surface area (Å²) in [6.07, 6.45) is 6.95. The molecule has 3 aliphatic carbocycles. The van der Waals surface area contributed by atoms with Gasteiger partial charge in [-0.1, -0.05) is 19.9 Å². The van der Waals surface area contributed by atoms with Crippen molar-refractivity contribution in [3.8, 4) is 0 Å². The number of carbonyl (C=O) groups is 1. The first-order valence-corrected chi connectivity index (χ1v) is 11.1. The number of carbonyl (C=O) groups excluding carboxylic acids is 1. The Kier molecular flexibility index (Phi) is 4.67. The lowest BCUT2D eigenvalue weighted by molar-refractivity contribution is -0.103. The molecule has 29 heavy (non-hydrogen) atoms. The van der Waals surface area contributed by atoms with Gasteiger partial charge in [0.25, 0.3) is 5.91 Å². The third-order valence-corrected chi connectivity index (χ3v) is 8.00. The van der Waals surface area contributed by atoms with Crippen molar-refractivity contribution < 1.29 is 4.79 Å². The highest BCUT2D eigenvalue weighted by Crippen LogP contribution is 2.61. The summed E-state index contributed by atoms with van der Waals surface area (Å²) in [7, 11) is 0. The Morgan fingerprint density at radius 2 is 2.17 bits per heavy atom. The van der Waals surface area contributed by atoms with Gasteiger partial charge >= 0.3 is 0 Å². The largest absolute Gasteiger partial charge is 0.350 e. The maximum atomic E-state index is 13.0. The van der Waals surface area contributed by atoms with Crippen molar-refractivity contribution >= 4 is 11.6 Å². The van der Waals surface area contributed by atoms with Crippen LogP contribution in [0.2, 0.25) is 0 Å². The van der Waals surface area contributed by atoms with Crippen LogP contribution in [0.25, 0.3) is 5.65 Å². The van der Waals surface area contributed by atoms with Crippen LogP contribution in [0, 0.1) is 23.2 Å². The average molecular weight is 396 g/mol. The van der Waals surface area contributed by atoms with E-state index in [0.717, 1.165) is 55.8 Å². The van der Waals surface area contributed by atoms with Gasteiger partial charge in [0.2, 0.25) is 0 Å². The Balaban J connectivity index is 1.27. The first-order valence-electron chi connectivity index (χ1n) is 11.1. The number of fused-ring (bicyclic) bond motifs is 3. The lowest BCUT2D eigenvalue weighted by Crippen LogP contribution is -2.54. The van der Waals surface area contributed by atoms with Gasteiger partial charge < -0.3 is 11.1 Å². The normalized spacial score (nSPS) is 31.0. The zero-order chi connectivity index (χ0) is 20.2. The molecule has 156 valence electrons. The number of aromatic nitrogens is 2. The monoisotopic (exact) mass is 395 g/mol. The molecule has 1 aliphatic heterocycles. The fourth-order valence-corrected chi connectivity index (χ4v) is 6.08. The average Bonchev–Trinajstić information content (AvgIpc) is 3.31. The summed E-state index contributed by atoms with van der Waals surface area (Å²) in [5, 5.41) is 3.23. The van der Waals surface area contributed by atoms with Crippen LogP contribution in [0.3, 0.4) is 0 Å². The van der Waals surface area contributed by atoms with E-state index in [9.17, 15) is 4.79 Å². The van der Waals surface area contributed by atoms with Crippen molar-refractivity contribution in [2.24, 2.45) is 28.9 Å². The van der Waals surface area contributed by atoms with Crippen LogP contribution in [0.15, 0.2) is 24.4 Å². The van der Waals surface area contributed by atoms with E-state index in [-0.39, 0.29) is 11.9 Å². The second-order valence-corrected chi connectivity index (χ2v) is 10.1. The molecule has 0 spiro atoms. The van der Waals surface area contributed by atoms with Crippen molar-refractivity contribution in [2.75, 3.05) is 19.6 Å². The Hall–Kier alpha value is -1.92. The van der Waals surface area contributed by atoms with Crippen molar-refractivity contribution in [1.29, 1.82) is 0 Å². The summed E-state index contributed by atoms with van der Waals surface area (Å²) in [6.45, 7) is 8.31. The zero-order valence-electron chi connectivity index (χ0n) is 17.6. The van der Waals surface area contributed by atoms with E-state index < -0.39 is 0 Å². The second kappa shape index (κ2) is 7.10. The van der Waals surface area contributed by atoms with Crippen LogP contribution in [0.4, 0.5) is 0 Å². The van der Waals surface area contributed by atoms with Crippen molar-refractivity contribution in [2.45, 2.75) is 52.1 Å². The smallest absolute Gasteiger partial charge is 0.268 e. The van der Waals surface area contributed by atoms with Crippen LogP contribution in [0.5, 0.6) is 0 Å². The molecule has 4 aliphatic rings. The lowest BCUT2D eigenvalue weighted by atomic mass is 9.45. The van der Waals surface area contributed by atoms with E-state index in [1.807, 2.05) is 28.8 Å². The predicted molar refractivity (Wildman–Crippen MR) is 113 cm³/mol. The van der Waals surface area contributed by atoms with Gasteiger partial charge in [0.05, 0.1) is 5.69 Å². The molecule has 1 saturated heterocycles. The molecule has 2 aromatic rings. The zero-order valence-corrected chi connectivity index (χ0v) is 17.6. The summed E-state index contributed by atoms with van der Waals surface area (Å²) in [4.78, 5) is 20.1. The SMILES string of the molecule is CC1(C)C2CC[C@@H](CNC(=O)c3cccc4nc(CN5CC[C@@H](N)C5)cn34)C1C2. The van der Waals surface area contributed by atoms with Crippen LogP contribution < -0.4 is 11.1 Å². The topological polar surface area (TPSA) is 75.7 Å². The molecule has 2 unspecified atom stereocenters. The molecule has 2 bridgehead atoms. The van der Waals surface area contributed by atoms with Crippen molar-refractivity contribution in [3.63, 3.8) is 0 Å².